The number of nitrogens with zero attached hydrogens (tertiary/aromatic N) is 2. The van der Waals surface area contributed by atoms with Crippen molar-refractivity contribution < 1.29 is 9.52 Å². The molecule has 1 rings (SSSR count). The molecular weight excluding hydrogens is 431 g/mol. The van der Waals surface area contributed by atoms with Crippen molar-refractivity contribution in [3.63, 3.8) is 0 Å². The summed E-state index contributed by atoms with van der Waals surface area (Å²) < 4.78 is 5.53. The van der Waals surface area contributed by atoms with Crippen molar-refractivity contribution in [2.45, 2.75) is 53.2 Å². The van der Waals surface area contributed by atoms with Crippen molar-refractivity contribution in [3.05, 3.63) is 23.7 Å². The van der Waals surface area contributed by atoms with Gasteiger partial charge in [0.05, 0.1) is 6.54 Å². The van der Waals surface area contributed by atoms with Crippen LogP contribution in [0, 0.1) is 6.92 Å². The van der Waals surface area contributed by atoms with Gasteiger partial charge >= 0.3 is 0 Å². The molecule has 0 spiro atoms. The van der Waals surface area contributed by atoms with Crippen LogP contribution in [0.3, 0.4) is 0 Å². The number of hydrogen-bond donors (Lipinski definition) is 3. The number of aliphatic imine (C=N–C) groups is 1. The third-order valence-electron chi connectivity index (χ3n) is 3.99. The van der Waals surface area contributed by atoms with Crippen LogP contribution in [0.5, 0.6) is 0 Å². The maximum absolute atomic E-state index is 10.6. The van der Waals surface area contributed by atoms with E-state index in [-0.39, 0.29) is 30.5 Å². The molecule has 1 unspecified atom stereocenters. The number of halogens is 1. The molecule has 0 bridgehead atoms. The fourth-order valence-electron chi connectivity index (χ4n) is 2.48. The summed E-state index contributed by atoms with van der Waals surface area (Å²) in [6.07, 6.45) is 0. The number of rotatable bonds is 9. The third-order valence-corrected chi connectivity index (χ3v) is 3.99. The summed E-state index contributed by atoms with van der Waals surface area (Å²) in [4.78, 5) is 6.89. The van der Waals surface area contributed by atoms with Crippen LogP contribution in [0.25, 0.3) is 0 Å². The van der Waals surface area contributed by atoms with E-state index < -0.39 is 5.60 Å². The summed E-state index contributed by atoms with van der Waals surface area (Å²) >= 11 is 0. The van der Waals surface area contributed by atoms with Crippen molar-refractivity contribution in [1.29, 1.82) is 0 Å². The average Bonchev–Trinajstić information content (AvgIpc) is 2.96. The molecule has 1 heterocycles. The Morgan fingerprint density at radius 2 is 2.00 bits per heavy atom. The second-order valence-electron chi connectivity index (χ2n) is 6.53. The highest BCUT2D eigenvalue weighted by Crippen LogP contribution is 2.22. The maximum Gasteiger partial charge on any atom is 0.191 e. The van der Waals surface area contributed by atoms with Crippen LogP contribution < -0.4 is 10.6 Å². The molecule has 0 amide bonds. The molecule has 0 saturated carbocycles. The molecule has 0 aliphatic carbocycles. The minimum atomic E-state index is -1.12. The Bertz CT molecular complexity index is 515. The highest BCUT2D eigenvalue weighted by atomic mass is 127. The SMILES string of the molecule is CCNC(=NCC(C)(O)c1ccc(C)o1)NCCN(CC)C(C)C.I. The summed E-state index contributed by atoms with van der Waals surface area (Å²) in [5, 5.41) is 17.1. The number of hydrogen-bond acceptors (Lipinski definition) is 4. The van der Waals surface area contributed by atoms with Crippen LogP contribution in [-0.4, -0.2) is 54.7 Å². The lowest BCUT2D eigenvalue weighted by Gasteiger charge is -2.25. The first-order chi connectivity index (χ1) is 11.3. The molecule has 0 aliphatic heterocycles. The highest BCUT2D eigenvalue weighted by molar-refractivity contribution is 14.0. The number of furan rings is 1. The maximum atomic E-state index is 10.6. The molecule has 3 N–H and O–H groups in total. The number of aryl methyl sites for hydroxylation is 1. The zero-order valence-electron chi connectivity index (χ0n) is 16.4. The molecule has 0 aromatic carbocycles. The van der Waals surface area contributed by atoms with Gasteiger partial charge in [-0.15, -0.1) is 24.0 Å². The standard InChI is InChI=1S/C18H34N4O2.HI/c1-7-19-17(20-11-12-22(8-2)14(3)4)21-13-18(6,23)16-10-9-15(5)24-16;/h9-10,14,23H,7-8,11-13H2,1-6H3,(H2,19,20,21);1H. The molecule has 6 nitrogen and oxygen atoms in total. The largest absolute Gasteiger partial charge is 0.463 e. The molecule has 0 radical (unpaired) electrons. The Balaban J connectivity index is 0.00000576. The summed E-state index contributed by atoms with van der Waals surface area (Å²) in [6, 6.07) is 4.18. The van der Waals surface area contributed by atoms with E-state index in [1.807, 2.05) is 19.9 Å². The van der Waals surface area contributed by atoms with Gasteiger partial charge in [0.25, 0.3) is 0 Å². The van der Waals surface area contributed by atoms with Gasteiger partial charge in [0.1, 0.15) is 17.1 Å². The lowest BCUT2D eigenvalue weighted by molar-refractivity contribution is 0.0428. The van der Waals surface area contributed by atoms with Crippen molar-refractivity contribution in [3.8, 4) is 0 Å². The monoisotopic (exact) mass is 466 g/mol. The molecular formula is C18H35IN4O2. The average molecular weight is 466 g/mol. The van der Waals surface area contributed by atoms with Crippen molar-refractivity contribution >= 4 is 29.9 Å². The molecule has 0 aliphatic rings. The first-order valence-corrected chi connectivity index (χ1v) is 8.85. The zero-order chi connectivity index (χ0) is 18.2. The number of guanidine groups is 1. The van der Waals surface area contributed by atoms with Crippen LogP contribution >= 0.6 is 24.0 Å². The summed E-state index contributed by atoms with van der Waals surface area (Å²) in [5.41, 5.74) is -1.12. The lowest BCUT2D eigenvalue weighted by Crippen LogP contribution is -2.43. The lowest BCUT2D eigenvalue weighted by atomic mass is 10.0. The van der Waals surface area contributed by atoms with E-state index in [1.165, 1.54) is 0 Å². The van der Waals surface area contributed by atoms with Crippen molar-refractivity contribution in [1.82, 2.24) is 15.5 Å². The van der Waals surface area contributed by atoms with Crippen molar-refractivity contribution in [2.24, 2.45) is 4.99 Å². The second kappa shape index (κ2) is 11.7. The van der Waals surface area contributed by atoms with Crippen LogP contribution in [0.4, 0.5) is 0 Å². The quantitative estimate of drug-likeness (QED) is 0.297. The van der Waals surface area contributed by atoms with Crippen LogP contribution in [0.15, 0.2) is 21.5 Å². The molecule has 1 aromatic heterocycles. The Labute approximate surface area is 169 Å². The van der Waals surface area contributed by atoms with E-state index in [1.54, 1.807) is 13.0 Å². The molecule has 0 saturated heterocycles. The fourth-order valence-corrected chi connectivity index (χ4v) is 2.48. The Morgan fingerprint density at radius 3 is 2.48 bits per heavy atom. The van der Waals surface area contributed by atoms with Crippen LogP contribution in [0.2, 0.25) is 0 Å². The summed E-state index contributed by atoms with van der Waals surface area (Å²) in [7, 11) is 0. The number of likely N-dealkylation sites (N-methyl/N-ethyl adjacent to an activating group) is 1. The predicted molar refractivity (Wildman–Crippen MR) is 115 cm³/mol. The van der Waals surface area contributed by atoms with E-state index in [9.17, 15) is 5.11 Å². The van der Waals surface area contributed by atoms with E-state index in [4.69, 9.17) is 4.42 Å². The van der Waals surface area contributed by atoms with Crippen molar-refractivity contribution in [2.75, 3.05) is 32.7 Å². The highest BCUT2D eigenvalue weighted by Gasteiger charge is 2.26. The first kappa shape index (κ1) is 24.2. The van der Waals surface area contributed by atoms with E-state index in [0.717, 1.165) is 31.9 Å². The van der Waals surface area contributed by atoms with Crippen LogP contribution in [0.1, 0.15) is 46.1 Å². The van der Waals surface area contributed by atoms with Gasteiger partial charge in [-0.2, -0.15) is 0 Å². The Kier molecular flexibility index (Phi) is 11.4. The summed E-state index contributed by atoms with van der Waals surface area (Å²) in [6.45, 7) is 16.0. The molecule has 7 heteroatoms. The van der Waals surface area contributed by atoms with Gasteiger partial charge in [0.2, 0.25) is 0 Å². The zero-order valence-corrected chi connectivity index (χ0v) is 18.8. The van der Waals surface area contributed by atoms with Gasteiger partial charge in [-0.3, -0.25) is 4.90 Å². The van der Waals surface area contributed by atoms with Gasteiger partial charge in [-0.05, 0) is 53.3 Å². The van der Waals surface area contributed by atoms with E-state index in [0.29, 0.717) is 17.8 Å². The second-order valence-corrected chi connectivity index (χ2v) is 6.53. The number of aliphatic hydroxyl groups is 1. The molecule has 1 aromatic rings. The minimum Gasteiger partial charge on any atom is -0.463 e. The molecule has 0 fully saturated rings. The third kappa shape index (κ3) is 8.42. The fraction of sp³-hybridized carbons (Fsp3) is 0.722. The van der Waals surface area contributed by atoms with Gasteiger partial charge in [-0.25, -0.2) is 4.99 Å². The van der Waals surface area contributed by atoms with Gasteiger partial charge in [0.15, 0.2) is 5.96 Å². The normalized spacial score (nSPS) is 14.4. The summed E-state index contributed by atoms with van der Waals surface area (Å²) in [5.74, 6) is 2.03. The van der Waals surface area contributed by atoms with E-state index >= 15 is 0 Å². The van der Waals surface area contributed by atoms with E-state index in [2.05, 4.69) is 41.3 Å². The molecule has 146 valence electrons. The molecule has 25 heavy (non-hydrogen) atoms. The predicted octanol–water partition coefficient (Wildman–Crippen LogP) is 2.70. The Morgan fingerprint density at radius 1 is 1.32 bits per heavy atom. The van der Waals surface area contributed by atoms with Gasteiger partial charge in [-0.1, -0.05) is 6.92 Å². The van der Waals surface area contributed by atoms with Crippen LogP contribution in [-0.2, 0) is 5.60 Å². The first-order valence-electron chi connectivity index (χ1n) is 8.85. The smallest absolute Gasteiger partial charge is 0.191 e. The minimum absolute atomic E-state index is 0. The Hall–Kier alpha value is -0.800. The topological polar surface area (TPSA) is 73.0 Å². The number of nitrogens with one attached hydrogen (secondary N) is 2. The van der Waals surface area contributed by atoms with Gasteiger partial charge < -0.3 is 20.2 Å². The molecule has 1 atom stereocenters. The van der Waals surface area contributed by atoms with Gasteiger partial charge in [0, 0.05) is 25.7 Å².